The summed E-state index contributed by atoms with van der Waals surface area (Å²) in [7, 11) is 0. The summed E-state index contributed by atoms with van der Waals surface area (Å²) in [6.07, 6.45) is 0. The minimum atomic E-state index is 0.609. The van der Waals surface area contributed by atoms with Crippen molar-refractivity contribution < 1.29 is 0 Å². The molecule has 0 aromatic heterocycles. The molecule has 0 amide bonds. The second-order valence-corrected chi connectivity index (χ2v) is 2.82. The van der Waals surface area contributed by atoms with Crippen molar-refractivity contribution in [3.63, 3.8) is 0 Å². The molecule has 0 aliphatic rings. The van der Waals surface area contributed by atoms with E-state index in [1.54, 1.807) is 0 Å². The molecule has 0 fully saturated rings. The Hall–Kier alpha value is 0.0200. The van der Waals surface area contributed by atoms with Crippen LogP contribution in [0.25, 0.3) is 0 Å². The normalized spacial score (nSPS) is 11.7. The third kappa shape index (κ3) is 6.14. The van der Waals surface area contributed by atoms with Crippen LogP contribution in [0.1, 0.15) is 6.92 Å². The van der Waals surface area contributed by atoms with Crippen molar-refractivity contribution in [1.29, 1.82) is 0 Å². The predicted octanol–water partition coefficient (Wildman–Crippen LogP) is 2.47. The van der Waals surface area contributed by atoms with E-state index in [-0.39, 0.29) is 0 Å². The highest BCUT2D eigenvalue weighted by atomic mass is 35.5. The van der Waals surface area contributed by atoms with E-state index >= 15 is 0 Å². The molecule has 0 radical (unpaired) electrons. The highest BCUT2D eigenvalue weighted by Crippen LogP contribution is 2.00. The standard InChI is InChI=1S/C7H11Cl2N/c1-6(2)4-10-5-7(9)3-8/h3,10H,1,4-5H2,2H3. The van der Waals surface area contributed by atoms with Gasteiger partial charge in [-0.1, -0.05) is 35.4 Å². The third-order valence-corrected chi connectivity index (χ3v) is 1.46. The van der Waals surface area contributed by atoms with Crippen LogP contribution in [0, 0.1) is 0 Å². The molecule has 0 saturated heterocycles. The Kier molecular flexibility index (Phi) is 5.79. The lowest BCUT2D eigenvalue weighted by Gasteiger charge is -2.00. The number of hydrogen-bond donors (Lipinski definition) is 1. The predicted molar refractivity (Wildman–Crippen MR) is 47.5 cm³/mol. The summed E-state index contributed by atoms with van der Waals surface area (Å²) in [4.78, 5) is 0. The van der Waals surface area contributed by atoms with Gasteiger partial charge in [-0.2, -0.15) is 0 Å². The van der Waals surface area contributed by atoms with Crippen molar-refractivity contribution in [2.24, 2.45) is 0 Å². The Bertz CT molecular complexity index is 141. The van der Waals surface area contributed by atoms with Crippen LogP contribution in [-0.2, 0) is 0 Å². The molecule has 1 N–H and O–H groups in total. The van der Waals surface area contributed by atoms with Gasteiger partial charge < -0.3 is 5.32 Å². The SMILES string of the molecule is C=C(C)CNCC(Cl)=CCl. The molecule has 0 spiro atoms. The molecule has 10 heavy (non-hydrogen) atoms. The van der Waals surface area contributed by atoms with E-state index in [1.807, 2.05) is 6.92 Å². The van der Waals surface area contributed by atoms with Crippen LogP contribution in [0.5, 0.6) is 0 Å². The van der Waals surface area contributed by atoms with Gasteiger partial charge in [0.05, 0.1) is 0 Å². The van der Waals surface area contributed by atoms with Crippen LogP contribution in [0.2, 0.25) is 0 Å². The zero-order valence-electron chi connectivity index (χ0n) is 5.95. The molecule has 0 unspecified atom stereocenters. The molecular weight excluding hydrogens is 169 g/mol. The summed E-state index contributed by atoms with van der Waals surface area (Å²) in [6, 6.07) is 0. The first-order valence-corrected chi connectivity index (χ1v) is 3.78. The lowest BCUT2D eigenvalue weighted by atomic mass is 10.3. The number of rotatable bonds is 4. The summed E-state index contributed by atoms with van der Waals surface area (Å²) < 4.78 is 0. The minimum absolute atomic E-state index is 0.609. The van der Waals surface area contributed by atoms with E-state index < -0.39 is 0 Å². The van der Waals surface area contributed by atoms with Crippen molar-refractivity contribution >= 4 is 23.2 Å². The quantitative estimate of drug-likeness (QED) is 0.655. The molecule has 0 aromatic rings. The largest absolute Gasteiger partial charge is 0.308 e. The zero-order chi connectivity index (χ0) is 7.98. The topological polar surface area (TPSA) is 12.0 Å². The number of hydrogen-bond acceptors (Lipinski definition) is 1. The fraction of sp³-hybridized carbons (Fsp3) is 0.429. The second-order valence-electron chi connectivity index (χ2n) is 2.12. The van der Waals surface area contributed by atoms with Gasteiger partial charge in [0, 0.05) is 23.7 Å². The molecule has 0 aromatic carbocycles. The molecule has 1 nitrogen and oxygen atoms in total. The summed E-state index contributed by atoms with van der Waals surface area (Å²) >= 11 is 10.9. The van der Waals surface area contributed by atoms with E-state index in [4.69, 9.17) is 23.2 Å². The zero-order valence-corrected chi connectivity index (χ0v) is 7.47. The summed E-state index contributed by atoms with van der Waals surface area (Å²) in [5, 5.41) is 3.67. The van der Waals surface area contributed by atoms with Crippen molar-refractivity contribution in [2.45, 2.75) is 6.92 Å². The van der Waals surface area contributed by atoms with Crippen LogP contribution in [-0.4, -0.2) is 13.1 Å². The molecule has 58 valence electrons. The Morgan fingerprint density at radius 3 is 2.60 bits per heavy atom. The molecule has 0 aliphatic heterocycles. The lowest BCUT2D eigenvalue weighted by molar-refractivity contribution is 0.810. The summed E-state index contributed by atoms with van der Waals surface area (Å²) in [5.74, 6) is 0. The molecular formula is C7H11Cl2N. The lowest BCUT2D eigenvalue weighted by Crippen LogP contribution is -2.17. The maximum absolute atomic E-state index is 5.59. The average Bonchev–Trinajstić information content (AvgIpc) is 1.87. The van der Waals surface area contributed by atoms with Gasteiger partial charge in [0.2, 0.25) is 0 Å². The van der Waals surface area contributed by atoms with Gasteiger partial charge in [-0.05, 0) is 6.92 Å². The average molecular weight is 180 g/mol. The molecule has 0 saturated carbocycles. The maximum Gasteiger partial charge on any atom is 0.0432 e. The van der Waals surface area contributed by atoms with Crippen molar-refractivity contribution in [3.05, 3.63) is 22.7 Å². The van der Waals surface area contributed by atoms with E-state index in [0.29, 0.717) is 11.6 Å². The summed E-state index contributed by atoms with van der Waals surface area (Å²) in [6.45, 7) is 7.06. The Labute approximate surface area is 71.7 Å². The summed E-state index contributed by atoms with van der Waals surface area (Å²) in [5.41, 5.74) is 2.44. The van der Waals surface area contributed by atoms with Crippen molar-refractivity contribution in [2.75, 3.05) is 13.1 Å². The van der Waals surface area contributed by atoms with Gasteiger partial charge in [-0.25, -0.2) is 0 Å². The molecule has 0 bridgehead atoms. The van der Waals surface area contributed by atoms with E-state index in [9.17, 15) is 0 Å². The molecule has 3 heteroatoms. The van der Waals surface area contributed by atoms with Crippen molar-refractivity contribution in [1.82, 2.24) is 5.32 Å². The monoisotopic (exact) mass is 179 g/mol. The van der Waals surface area contributed by atoms with E-state index in [1.165, 1.54) is 5.54 Å². The Morgan fingerprint density at radius 2 is 2.20 bits per heavy atom. The first-order valence-electron chi connectivity index (χ1n) is 2.96. The van der Waals surface area contributed by atoms with Gasteiger partial charge in [-0.15, -0.1) is 0 Å². The highest BCUT2D eigenvalue weighted by molar-refractivity contribution is 6.36. The van der Waals surface area contributed by atoms with Crippen LogP contribution in [0.15, 0.2) is 22.7 Å². The number of halogens is 2. The first kappa shape index (κ1) is 10.0. The van der Waals surface area contributed by atoms with Gasteiger partial charge >= 0.3 is 0 Å². The number of nitrogens with one attached hydrogen (secondary N) is 1. The fourth-order valence-corrected chi connectivity index (χ4v) is 0.606. The molecule has 0 aliphatic carbocycles. The maximum atomic E-state index is 5.59. The Balaban J connectivity index is 3.29. The fourth-order valence-electron chi connectivity index (χ4n) is 0.434. The van der Waals surface area contributed by atoms with Gasteiger partial charge in [-0.3, -0.25) is 0 Å². The van der Waals surface area contributed by atoms with E-state index in [0.717, 1.165) is 12.1 Å². The Morgan fingerprint density at radius 1 is 1.60 bits per heavy atom. The molecule has 0 rings (SSSR count). The van der Waals surface area contributed by atoms with Gasteiger partial charge in [0.1, 0.15) is 0 Å². The second kappa shape index (κ2) is 5.78. The smallest absolute Gasteiger partial charge is 0.0432 e. The van der Waals surface area contributed by atoms with Crippen LogP contribution >= 0.6 is 23.2 Å². The van der Waals surface area contributed by atoms with Gasteiger partial charge in [0.15, 0.2) is 0 Å². The minimum Gasteiger partial charge on any atom is -0.308 e. The van der Waals surface area contributed by atoms with Crippen LogP contribution in [0.3, 0.4) is 0 Å². The third-order valence-electron chi connectivity index (χ3n) is 0.839. The van der Waals surface area contributed by atoms with Crippen LogP contribution in [0.4, 0.5) is 0 Å². The molecule has 0 heterocycles. The molecule has 0 atom stereocenters. The van der Waals surface area contributed by atoms with Crippen molar-refractivity contribution in [3.8, 4) is 0 Å². The highest BCUT2D eigenvalue weighted by Gasteiger charge is 1.89. The van der Waals surface area contributed by atoms with Crippen LogP contribution < -0.4 is 5.32 Å². The van der Waals surface area contributed by atoms with E-state index in [2.05, 4.69) is 11.9 Å². The van der Waals surface area contributed by atoms with Gasteiger partial charge in [0.25, 0.3) is 0 Å². The first-order chi connectivity index (χ1) is 4.66.